The maximum absolute atomic E-state index is 12.5. The van der Waals surface area contributed by atoms with Crippen molar-refractivity contribution in [3.05, 3.63) is 50.4 Å². The number of aromatic nitrogens is 1. The number of amides is 1. The number of fused-ring (bicyclic) bond motifs is 1. The first-order valence-corrected chi connectivity index (χ1v) is 7.60. The number of rotatable bonds is 5. The van der Waals surface area contributed by atoms with E-state index in [1.54, 1.807) is 0 Å². The van der Waals surface area contributed by atoms with Crippen LogP contribution in [0.3, 0.4) is 0 Å². The third-order valence-electron chi connectivity index (χ3n) is 3.88. The molecule has 0 bridgehead atoms. The molecule has 1 aliphatic rings. The first-order chi connectivity index (χ1) is 12.4. The van der Waals surface area contributed by atoms with Gasteiger partial charge in [0.1, 0.15) is 5.70 Å². The molecule has 2 aromatic rings. The standard InChI is InChI=1S/C16H15N3O7/c1-25-14(22)10-7-19(4-5-20)13(21)12(10)17-8-2-3-11-9(6-8)15(23)26-16(24)18-11/h2-3,6,17,20H,4-5,7H2,1H3,(H,18,24). The van der Waals surface area contributed by atoms with Gasteiger partial charge in [0.15, 0.2) is 0 Å². The third-order valence-corrected chi connectivity index (χ3v) is 3.88. The van der Waals surface area contributed by atoms with Crippen LogP contribution in [0.5, 0.6) is 0 Å². The Morgan fingerprint density at radius 2 is 2.15 bits per heavy atom. The molecule has 0 saturated carbocycles. The molecule has 0 unspecified atom stereocenters. The monoisotopic (exact) mass is 361 g/mol. The SMILES string of the molecule is COC(=O)C1=C(Nc2ccc3[nH]c(=O)oc(=O)c3c2)C(=O)N(CCO)C1. The highest BCUT2D eigenvalue weighted by atomic mass is 16.5. The van der Waals surface area contributed by atoms with E-state index in [4.69, 9.17) is 9.84 Å². The number of aliphatic hydroxyl groups excluding tert-OH is 1. The molecule has 0 spiro atoms. The number of carbonyl (C=O) groups excluding carboxylic acids is 2. The highest BCUT2D eigenvalue weighted by Gasteiger charge is 2.34. The Morgan fingerprint density at radius 1 is 1.38 bits per heavy atom. The zero-order valence-corrected chi connectivity index (χ0v) is 13.7. The van der Waals surface area contributed by atoms with Gasteiger partial charge in [0.05, 0.1) is 36.7 Å². The lowest BCUT2D eigenvalue weighted by molar-refractivity contribution is -0.136. The fourth-order valence-corrected chi connectivity index (χ4v) is 2.67. The average molecular weight is 361 g/mol. The van der Waals surface area contributed by atoms with Gasteiger partial charge in [-0.15, -0.1) is 0 Å². The number of methoxy groups -OCH3 is 1. The number of H-pyrrole nitrogens is 1. The predicted octanol–water partition coefficient (Wildman–Crippen LogP) is -0.845. The van der Waals surface area contributed by atoms with Crippen molar-refractivity contribution < 1.29 is 23.8 Å². The minimum atomic E-state index is -0.871. The van der Waals surface area contributed by atoms with Crippen LogP contribution in [-0.2, 0) is 14.3 Å². The molecule has 136 valence electrons. The van der Waals surface area contributed by atoms with E-state index in [1.807, 2.05) is 0 Å². The first kappa shape index (κ1) is 17.4. The second-order valence-electron chi connectivity index (χ2n) is 5.48. The topological polar surface area (TPSA) is 142 Å². The summed E-state index contributed by atoms with van der Waals surface area (Å²) in [7, 11) is 1.20. The van der Waals surface area contributed by atoms with Gasteiger partial charge in [-0.3, -0.25) is 9.78 Å². The maximum Gasteiger partial charge on any atom is 0.419 e. The van der Waals surface area contributed by atoms with E-state index in [2.05, 4.69) is 14.7 Å². The summed E-state index contributed by atoms with van der Waals surface area (Å²) in [5, 5.41) is 12.0. The zero-order chi connectivity index (χ0) is 18.8. The Hall–Kier alpha value is -3.40. The molecule has 10 nitrogen and oxygen atoms in total. The van der Waals surface area contributed by atoms with Crippen LogP contribution in [0.4, 0.5) is 5.69 Å². The van der Waals surface area contributed by atoms with Crippen LogP contribution in [0.2, 0.25) is 0 Å². The quantitative estimate of drug-likeness (QED) is 0.585. The minimum Gasteiger partial charge on any atom is -0.466 e. The highest BCUT2D eigenvalue weighted by Crippen LogP contribution is 2.23. The molecule has 1 aromatic heterocycles. The lowest BCUT2D eigenvalue weighted by atomic mass is 10.2. The van der Waals surface area contributed by atoms with Gasteiger partial charge < -0.3 is 24.5 Å². The molecular weight excluding hydrogens is 346 g/mol. The van der Waals surface area contributed by atoms with Crippen LogP contribution in [0.1, 0.15) is 0 Å². The summed E-state index contributed by atoms with van der Waals surface area (Å²) in [5.74, 6) is -2.02. The number of aliphatic hydroxyl groups is 1. The minimum absolute atomic E-state index is 0.00142. The fraction of sp³-hybridized carbons (Fsp3) is 0.250. The smallest absolute Gasteiger partial charge is 0.419 e. The number of β-amino-alcohol motifs (C(OH)–C–C–N with tert-alkyl or cyclic N) is 1. The van der Waals surface area contributed by atoms with Crippen LogP contribution >= 0.6 is 0 Å². The Morgan fingerprint density at radius 3 is 2.85 bits per heavy atom. The van der Waals surface area contributed by atoms with E-state index in [1.165, 1.54) is 30.2 Å². The van der Waals surface area contributed by atoms with E-state index in [0.717, 1.165) is 0 Å². The van der Waals surface area contributed by atoms with E-state index in [0.29, 0.717) is 5.69 Å². The largest absolute Gasteiger partial charge is 0.466 e. The second kappa shape index (κ2) is 6.84. The lowest BCUT2D eigenvalue weighted by Crippen LogP contribution is -2.31. The van der Waals surface area contributed by atoms with Crippen LogP contribution in [0.15, 0.2) is 43.5 Å². The maximum atomic E-state index is 12.5. The normalized spacial score (nSPS) is 14.2. The summed E-state index contributed by atoms with van der Waals surface area (Å²) in [5.41, 5.74) is -0.0988. The van der Waals surface area contributed by atoms with Gasteiger partial charge in [-0.2, -0.15) is 0 Å². The third kappa shape index (κ3) is 3.09. The van der Waals surface area contributed by atoms with Crippen LogP contribution in [0.25, 0.3) is 10.9 Å². The van der Waals surface area contributed by atoms with E-state index >= 15 is 0 Å². The van der Waals surface area contributed by atoms with Crippen molar-refractivity contribution in [2.45, 2.75) is 0 Å². The number of hydrogen-bond acceptors (Lipinski definition) is 8. The van der Waals surface area contributed by atoms with Gasteiger partial charge in [0.2, 0.25) is 0 Å². The average Bonchev–Trinajstić information content (AvgIpc) is 2.91. The van der Waals surface area contributed by atoms with E-state index in [-0.39, 0.29) is 41.9 Å². The van der Waals surface area contributed by atoms with Crippen molar-refractivity contribution in [3.8, 4) is 0 Å². The molecule has 26 heavy (non-hydrogen) atoms. The second-order valence-corrected chi connectivity index (χ2v) is 5.48. The van der Waals surface area contributed by atoms with Crippen molar-refractivity contribution in [1.82, 2.24) is 9.88 Å². The number of nitrogens with zero attached hydrogens (tertiary/aromatic N) is 1. The lowest BCUT2D eigenvalue weighted by Gasteiger charge is -2.15. The molecule has 10 heteroatoms. The van der Waals surface area contributed by atoms with Crippen molar-refractivity contribution in [2.75, 3.05) is 32.1 Å². The molecule has 2 heterocycles. The number of carbonyl (C=O) groups is 2. The van der Waals surface area contributed by atoms with Gasteiger partial charge in [-0.1, -0.05) is 0 Å². The molecule has 0 saturated heterocycles. The number of esters is 1. The fourth-order valence-electron chi connectivity index (χ4n) is 2.67. The summed E-state index contributed by atoms with van der Waals surface area (Å²) in [4.78, 5) is 51.1. The molecule has 3 rings (SSSR count). The Balaban J connectivity index is 2.01. The molecule has 0 fully saturated rings. The summed E-state index contributed by atoms with van der Waals surface area (Å²) in [6, 6.07) is 4.39. The molecule has 3 N–H and O–H groups in total. The molecule has 0 atom stereocenters. The van der Waals surface area contributed by atoms with Crippen molar-refractivity contribution in [3.63, 3.8) is 0 Å². The highest BCUT2D eigenvalue weighted by molar-refractivity contribution is 6.08. The number of benzene rings is 1. The Labute approximate surface area is 145 Å². The van der Waals surface area contributed by atoms with E-state index in [9.17, 15) is 19.2 Å². The molecule has 1 aliphatic heterocycles. The van der Waals surface area contributed by atoms with Gasteiger partial charge >= 0.3 is 17.4 Å². The summed E-state index contributed by atoms with van der Waals surface area (Å²) >= 11 is 0. The van der Waals surface area contributed by atoms with Crippen molar-refractivity contribution in [1.29, 1.82) is 0 Å². The van der Waals surface area contributed by atoms with Crippen molar-refractivity contribution in [2.24, 2.45) is 0 Å². The number of nitrogens with one attached hydrogen (secondary N) is 2. The number of aromatic amines is 1. The van der Waals surface area contributed by atoms with Gasteiger partial charge in [-0.25, -0.2) is 14.4 Å². The number of hydrogen-bond donors (Lipinski definition) is 3. The molecule has 1 amide bonds. The summed E-state index contributed by atoms with van der Waals surface area (Å²) < 4.78 is 9.18. The van der Waals surface area contributed by atoms with Gasteiger partial charge in [0, 0.05) is 12.2 Å². The predicted molar refractivity (Wildman–Crippen MR) is 89.4 cm³/mol. The van der Waals surface area contributed by atoms with Crippen molar-refractivity contribution >= 4 is 28.5 Å². The van der Waals surface area contributed by atoms with Crippen LogP contribution < -0.4 is 16.7 Å². The van der Waals surface area contributed by atoms with E-state index < -0.39 is 23.3 Å². The molecule has 1 aromatic carbocycles. The number of ether oxygens (including phenoxy) is 1. The van der Waals surface area contributed by atoms with Crippen LogP contribution in [-0.4, -0.2) is 53.7 Å². The van der Waals surface area contributed by atoms with Gasteiger partial charge in [-0.05, 0) is 18.2 Å². The summed E-state index contributed by atoms with van der Waals surface area (Å²) in [6.07, 6.45) is 0. The van der Waals surface area contributed by atoms with Crippen LogP contribution in [0, 0.1) is 0 Å². The Bertz CT molecular complexity index is 1030. The Kier molecular flexibility index (Phi) is 4.59. The molecule has 0 aliphatic carbocycles. The summed E-state index contributed by atoms with van der Waals surface area (Å²) in [6.45, 7) is -0.192. The molecule has 0 radical (unpaired) electrons. The molecular formula is C16H15N3O7. The van der Waals surface area contributed by atoms with Gasteiger partial charge in [0.25, 0.3) is 5.91 Å². The first-order valence-electron chi connectivity index (χ1n) is 7.60. The number of anilines is 1. The zero-order valence-electron chi connectivity index (χ0n) is 13.7.